The van der Waals surface area contributed by atoms with Gasteiger partial charge in [-0.2, -0.15) is 0 Å². The van der Waals surface area contributed by atoms with Crippen LogP contribution in [-0.4, -0.2) is 37.2 Å². The van der Waals surface area contributed by atoms with E-state index in [9.17, 15) is 9.59 Å². The van der Waals surface area contributed by atoms with E-state index in [1.54, 1.807) is 0 Å². The molecule has 0 amide bonds. The van der Waals surface area contributed by atoms with Crippen molar-refractivity contribution in [3.8, 4) is 0 Å². The van der Waals surface area contributed by atoms with Crippen LogP contribution in [0.4, 0.5) is 0 Å². The molecule has 0 atom stereocenters. The van der Waals surface area contributed by atoms with E-state index in [2.05, 4.69) is 0 Å². The summed E-state index contributed by atoms with van der Waals surface area (Å²) in [5.41, 5.74) is 11.4. The van der Waals surface area contributed by atoms with Gasteiger partial charge in [0.2, 0.25) is 0 Å². The van der Waals surface area contributed by atoms with E-state index in [0.29, 0.717) is 25.3 Å². The Morgan fingerprint density at radius 3 is 1.19 bits per heavy atom. The first-order chi connectivity index (χ1) is 11.5. The molecule has 0 bridgehead atoms. The van der Waals surface area contributed by atoms with Crippen LogP contribution in [0.2, 0.25) is 0 Å². The molecule has 0 radical (unpaired) electrons. The zero-order chi connectivity index (χ0) is 17.9. The molecular weight excluding hydrogens is 379 g/mol. The zero-order valence-corrected chi connectivity index (χ0v) is 17.6. The van der Waals surface area contributed by atoms with Gasteiger partial charge in [0.15, 0.2) is 0 Å². The Morgan fingerprint density at radius 2 is 0.962 bits per heavy atom. The standard InChI is InChI=1S/2C9H17NO2.2ClH/c2*1-2-12-9(11)7-3-5-8(10)6-4-7;;/h2*7-8H,2-6,10H2,1H3;2*1H. The van der Waals surface area contributed by atoms with Gasteiger partial charge in [-0.25, -0.2) is 0 Å². The maximum atomic E-state index is 11.2. The fourth-order valence-corrected chi connectivity index (χ4v) is 3.23. The molecule has 2 rings (SSSR count). The highest BCUT2D eigenvalue weighted by molar-refractivity contribution is 5.85. The molecule has 0 saturated heterocycles. The lowest BCUT2D eigenvalue weighted by molar-refractivity contribution is -0.150. The Balaban J connectivity index is 0. The second kappa shape index (κ2) is 15.5. The van der Waals surface area contributed by atoms with Crippen molar-refractivity contribution in [3.05, 3.63) is 0 Å². The molecule has 0 aromatic carbocycles. The summed E-state index contributed by atoms with van der Waals surface area (Å²) < 4.78 is 9.87. The molecule has 0 aromatic heterocycles. The molecule has 0 aromatic rings. The van der Waals surface area contributed by atoms with Gasteiger partial charge in [-0.15, -0.1) is 24.8 Å². The highest BCUT2D eigenvalue weighted by Crippen LogP contribution is 2.24. The first-order valence-electron chi connectivity index (χ1n) is 9.32. The van der Waals surface area contributed by atoms with Crippen LogP contribution in [0, 0.1) is 11.8 Å². The van der Waals surface area contributed by atoms with E-state index in [4.69, 9.17) is 20.9 Å². The number of rotatable bonds is 4. The number of carbonyl (C=O) groups is 2. The minimum Gasteiger partial charge on any atom is -0.466 e. The summed E-state index contributed by atoms with van der Waals surface area (Å²) in [4.78, 5) is 22.5. The van der Waals surface area contributed by atoms with Crippen LogP contribution in [0.1, 0.15) is 65.2 Å². The number of ether oxygens (including phenoxy) is 2. The van der Waals surface area contributed by atoms with Crippen molar-refractivity contribution >= 4 is 36.8 Å². The summed E-state index contributed by atoms with van der Waals surface area (Å²) in [6.07, 6.45) is 7.46. The molecule has 0 aliphatic heterocycles. The van der Waals surface area contributed by atoms with Gasteiger partial charge in [-0.1, -0.05) is 0 Å². The molecule has 2 aliphatic rings. The minimum atomic E-state index is -0.0376. The van der Waals surface area contributed by atoms with Gasteiger partial charge >= 0.3 is 11.9 Å². The van der Waals surface area contributed by atoms with Crippen LogP contribution >= 0.6 is 24.8 Å². The zero-order valence-electron chi connectivity index (χ0n) is 16.0. The lowest BCUT2D eigenvalue weighted by Crippen LogP contribution is -2.30. The minimum absolute atomic E-state index is 0. The van der Waals surface area contributed by atoms with Crippen molar-refractivity contribution in [1.29, 1.82) is 0 Å². The molecule has 6 nitrogen and oxygen atoms in total. The van der Waals surface area contributed by atoms with Gasteiger partial charge in [-0.3, -0.25) is 9.59 Å². The highest BCUT2D eigenvalue weighted by Gasteiger charge is 2.26. The number of carbonyl (C=O) groups excluding carboxylic acids is 2. The van der Waals surface area contributed by atoms with Crippen molar-refractivity contribution in [2.45, 2.75) is 77.3 Å². The Bertz CT molecular complexity index is 347. The van der Waals surface area contributed by atoms with E-state index in [1.165, 1.54) is 0 Å². The molecule has 2 saturated carbocycles. The third-order valence-electron chi connectivity index (χ3n) is 4.78. The van der Waals surface area contributed by atoms with Gasteiger partial charge in [-0.05, 0) is 65.2 Å². The maximum Gasteiger partial charge on any atom is 0.308 e. The summed E-state index contributed by atoms with van der Waals surface area (Å²) in [5.74, 6) is 0.156. The SMILES string of the molecule is CCOC(=O)C1CCC(N)CC1.CCOC(=O)C1CCC(N)CC1.Cl.Cl. The fourth-order valence-electron chi connectivity index (χ4n) is 3.23. The summed E-state index contributed by atoms with van der Waals surface area (Å²) in [5, 5.41) is 0. The van der Waals surface area contributed by atoms with Crippen molar-refractivity contribution in [1.82, 2.24) is 0 Å². The van der Waals surface area contributed by atoms with Crippen LogP contribution in [-0.2, 0) is 19.1 Å². The molecular formula is C18H36Cl2N2O4. The van der Waals surface area contributed by atoms with Crippen LogP contribution < -0.4 is 11.5 Å². The molecule has 26 heavy (non-hydrogen) atoms. The third kappa shape index (κ3) is 10.6. The van der Waals surface area contributed by atoms with Gasteiger partial charge in [0.1, 0.15) is 0 Å². The lowest BCUT2D eigenvalue weighted by atomic mass is 9.86. The largest absolute Gasteiger partial charge is 0.466 e. The summed E-state index contributed by atoms with van der Waals surface area (Å²) >= 11 is 0. The number of halogens is 2. The van der Waals surface area contributed by atoms with Crippen molar-refractivity contribution < 1.29 is 19.1 Å². The van der Waals surface area contributed by atoms with Crippen LogP contribution in [0.15, 0.2) is 0 Å². The van der Waals surface area contributed by atoms with Gasteiger partial charge in [0.25, 0.3) is 0 Å². The van der Waals surface area contributed by atoms with E-state index in [-0.39, 0.29) is 48.6 Å². The number of nitrogens with two attached hydrogens (primary N) is 2. The molecule has 2 aliphatic carbocycles. The normalized spacial score (nSPS) is 27.5. The number of hydrogen-bond donors (Lipinski definition) is 2. The van der Waals surface area contributed by atoms with E-state index < -0.39 is 0 Å². The molecule has 8 heteroatoms. The third-order valence-corrected chi connectivity index (χ3v) is 4.78. The Hall–Kier alpha value is -0.560. The van der Waals surface area contributed by atoms with E-state index >= 15 is 0 Å². The van der Waals surface area contributed by atoms with Crippen molar-refractivity contribution in [2.75, 3.05) is 13.2 Å². The average molecular weight is 415 g/mol. The number of hydrogen-bond acceptors (Lipinski definition) is 6. The number of esters is 2. The molecule has 0 spiro atoms. The Labute approximate surface area is 169 Å². The average Bonchev–Trinajstić information content (AvgIpc) is 2.57. The molecule has 0 unspecified atom stereocenters. The predicted octanol–water partition coefficient (Wildman–Crippen LogP) is 2.98. The topological polar surface area (TPSA) is 105 Å². The van der Waals surface area contributed by atoms with Crippen molar-refractivity contribution in [3.63, 3.8) is 0 Å². The maximum absolute atomic E-state index is 11.2. The Kier molecular flexibility index (Phi) is 16.5. The van der Waals surface area contributed by atoms with E-state index in [0.717, 1.165) is 51.4 Å². The van der Waals surface area contributed by atoms with Gasteiger partial charge in [0, 0.05) is 12.1 Å². The molecule has 2 fully saturated rings. The van der Waals surface area contributed by atoms with Gasteiger partial charge < -0.3 is 20.9 Å². The first kappa shape index (κ1) is 27.7. The van der Waals surface area contributed by atoms with Gasteiger partial charge in [0.05, 0.1) is 25.0 Å². The molecule has 156 valence electrons. The summed E-state index contributed by atoms with van der Waals surface area (Å²) in [6.45, 7) is 4.65. The second-order valence-electron chi connectivity index (χ2n) is 6.73. The summed E-state index contributed by atoms with van der Waals surface area (Å²) in [7, 11) is 0. The second-order valence-corrected chi connectivity index (χ2v) is 6.73. The molecule has 4 N–H and O–H groups in total. The van der Waals surface area contributed by atoms with Crippen LogP contribution in [0.5, 0.6) is 0 Å². The fraction of sp³-hybridized carbons (Fsp3) is 0.889. The van der Waals surface area contributed by atoms with Crippen molar-refractivity contribution in [2.24, 2.45) is 23.3 Å². The van der Waals surface area contributed by atoms with E-state index in [1.807, 2.05) is 13.8 Å². The molecule has 0 heterocycles. The summed E-state index contributed by atoms with van der Waals surface area (Å²) in [6, 6.07) is 0.603. The van der Waals surface area contributed by atoms with Crippen LogP contribution in [0.3, 0.4) is 0 Å². The smallest absolute Gasteiger partial charge is 0.308 e. The monoisotopic (exact) mass is 414 g/mol. The predicted molar refractivity (Wildman–Crippen MR) is 108 cm³/mol. The highest BCUT2D eigenvalue weighted by atomic mass is 35.5. The quantitative estimate of drug-likeness (QED) is 0.684. The Morgan fingerprint density at radius 1 is 0.692 bits per heavy atom. The van der Waals surface area contributed by atoms with Crippen LogP contribution in [0.25, 0.3) is 0 Å². The first-order valence-corrected chi connectivity index (χ1v) is 9.32. The lowest BCUT2D eigenvalue weighted by Gasteiger charge is -2.24.